The monoisotopic (exact) mass is 345 g/mol. The number of benzene rings is 1. The predicted molar refractivity (Wildman–Crippen MR) is 90.4 cm³/mol. The van der Waals surface area contributed by atoms with Crippen LogP contribution in [0.5, 0.6) is 11.5 Å². The summed E-state index contributed by atoms with van der Waals surface area (Å²) in [5.41, 5.74) is 3.74. The van der Waals surface area contributed by atoms with Crippen molar-refractivity contribution in [1.82, 2.24) is 15.8 Å². The highest BCUT2D eigenvalue weighted by Gasteiger charge is 2.17. The Labute approximate surface area is 144 Å². The summed E-state index contributed by atoms with van der Waals surface area (Å²) in [4.78, 5) is 37.7. The number of ether oxygens (including phenoxy) is 2. The second-order valence-electron chi connectivity index (χ2n) is 5.02. The molecule has 0 saturated heterocycles. The smallest absolute Gasteiger partial charge is 0.279 e. The molecule has 1 aromatic carbocycles. The molecule has 0 radical (unpaired) electrons. The molecule has 1 atom stereocenters. The third-order valence-corrected chi connectivity index (χ3v) is 3.18. The van der Waals surface area contributed by atoms with Gasteiger partial charge in [-0.2, -0.15) is 0 Å². The number of amides is 2. The maximum atomic E-state index is 12.0. The summed E-state index contributed by atoms with van der Waals surface area (Å²) in [6.07, 6.45) is 0.553. The van der Waals surface area contributed by atoms with Crippen molar-refractivity contribution in [2.24, 2.45) is 0 Å². The van der Waals surface area contributed by atoms with E-state index in [0.29, 0.717) is 18.1 Å². The van der Waals surface area contributed by atoms with E-state index >= 15 is 0 Å². The van der Waals surface area contributed by atoms with Crippen LogP contribution in [-0.2, 0) is 4.79 Å². The minimum absolute atomic E-state index is 0.108. The fourth-order valence-corrected chi connectivity index (χ4v) is 1.93. The number of H-pyrrole nitrogens is 1. The Kier molecular flexibility index (Phi) is 6.16. The number of pyridine rings is 1. The van der Waals surface area contributed by atoms with Crippen LogP contribution in [0, 0.1) is 0 Å². The van der Waals surface area contributed by atoms with E-state index in [0.717, 1.165) is 0 Å². The molecule has 1 aromatic heterocycles. The lowest BCUT2D eigenvalue weighted by atomic mass is 10.3. The first-order valence-corrected chi connectivity index (χ1v) is 7.68. The van der Waals surface area contributed by atoms with Crippen molar-refractivity contribution in [3.05, 3.63) is 58.5 Å². The highest BCUT2D eigenvalue weighted by atomic mass is 16.5. The average molecular weight is 345 g/mol. The molecule has 0 aliphatic rings. The van der Waals surface area contributed by atoms with Gasteiger partial charge < -0.3 is 14.5 Å². The van der Waals surface area contributed by atoms with Crippen LogP contribution < -0.4 is 25.9 Å². The molecule has 0 spiro atoms. The average Bonchev–Trinajstić information content (AvgIpc) is 2.61. The van der Waals surface area contributed by atoms with Gasteiger partial charge >= 0.3 is 0 Å². The molecule has 0 saturated carbocycles. The first-order valence-electron chi connectivity index (χ1n) is 7.68. The molecule has 25 heavy (non-hydrogen) atoms. The van der Waals surface area contributed by atoms with Gasteiger partial charge in [0, 0.05) is 6.20 Å². The van der Waals surface area contributed by atoms with Crippen LogP contribution in [0.4, 0.5) is 0 Å². The van der Waals surface area contributed by atoms with E-state index in [9.17, 15) is 14.4 Å². The number of hydrogen-bond donors (Lipinski definition) is 3. The SMILES string of the molecule is CCOc1ccc(O[C@H](C)C(=O)NNC(=O)c2ccc[nH]c2=O)cc1. The van der Waals surface area contributed by atoms with Gasteiger partial charge in [0.05, 0.1) is 6.61 Å². The minimum Gasteiger partial charge on any atom is -0.494 e. The summed E-state index contributed by atoms with van der Waals surface area (Å²) in [7, 11) is 0. The Hall–Kier alpha value is -3.29. The summed E-state index contributed by atoms with van der Waals surface area (Å²) < 4.78 is 10.8. The van der Waals surface area contributed by atoms with Gasteiger partial charge in [-0.1, -0.05) is 0 Å². The Morgan fingerprint density at radius 3 is 2.44 bits per heavy atom. The second kappa shape index (κ2) is 8.53. The molecule has 0 aliphatic carbocycles. The number of rotatable bonds is 6. The molecule has 0 unspecified atom stereocenters. The van der Waals surface area contributed by atoms with E-state index < -0.39 is 23.5 Å². The third kappa shape index (κ3) is 5.10. The summed E-state index contributed by atoms with van der Waals surface area (Å²) >= 11 is 0. The molecule has 8 nitrogen and oxygen atoms in total. The first kappa shape index (κ1) is 18.1. The van der Waals surface area contributed by atoms with Crippen LogP contribution in [0.25, 0.3) is 0 Å². The van der Waals surface area contributed by atoms with E-state index in [1.807, 2.05) is 6.92 Å². The molecule has 2 aromatic rings. The predicted octanol–water partition coefficient (Wildman–Crippen LogP) is 1.00. The molecule has 2 rings (SSSR count). The number of carbonyl (C=O) groups excluding carboxylic acids is 2. The molecule has 2 amide bonds. The van der Waals surface area contributed by atoms with Crippen LogP contribution >= 0.6 is 0 Å². The van der Waals surface area contributed by atoms with E-state index in [-0.39, 0.29) is 5.56 Å². The summed E-state index contributed by atoms with van der Waals surface area (Å²) in [5.74, 6) is -0.0951. The number of hydrogen-bond acceptors (Lipinski definition) is 5. The fraction of sp³-hybridized carbons (Fsp3) is 0.235. The van der Waals surface area contributed by atoms with Gasteiger partial charge in [0.15, 0.2) is 6.10 Å². The Morgan fingerprint density at radius 1 is 1.12 bits per heavy atom. The second-order valence-corrected chi connectivity index (χ2v) is 5.02. The lowest BCUT2D eigenvalue weighted by Crippen LogP contribution is -2.48. The summed E-state index contributed by atoms with van der Waals surface area (Å²) in [6, 6.07) is 9.67. The zero-order valence-corrected chi connectivity index (χ0v) is 13.9. The fourth-order valence-electron chi connectivity index (χ4n) is 1.93. The van der Waals surface area contributed by atoms with Crippen molar-refractivity contribution in [2.45, 2.75) is 20.0 Å². The van der Waals surface area contributed by atoms with Gasteiger partial charge in [-0.3, -0.25) is 25.2 Å². The zero-order chi connectivity index (χ0) is 18.2. The minimum atomic E-state index is -0.854. The highest BCUT2D eigenvalue weighted by molar-refractivity contribution is 5.95. The normalized spacial score (nSPS) is 11.3. The third-order valence-electron chi connectivity index (χ3n) is 3.18. The topological polar surface area (TPSA) is 110 Å². The van der Waals surface area contributed by atoms with E-state index in [1.165, 1.54) is 25.3 Å². The molecule has 0 fully saturated rings. The van der Waals surface area contributed by atoms with Crippen LogP contribution in [0.3, 0.4) is 0 Å². The molecule has 1 heterocycles. The lowest BCUT2D eigenvalue weighted by Gasteiger charge is -2.15. The number of aromatic amines is 1. The van der Waals surface area contributed by atoms with E-state index in [2.05, 4.69) is 15.8 Å². The van der Waals surface area contributed by atoms with Crippen LogP contribution in [0.1, 0.15) is 24.2 Å². The molecule has 0 bridgehead atoms. The number of carbonyl (C=O) groups is 2. The molecule has 0 aliphatic heterocycles. The Morgan fingerprint density at radius 2 is 1.80 bits per heavy atom. The van der Waals surface area contributed by atoms with Crippen molar-refractivity contribution < 1.29 is 19.1 Å². The van der Waals surface area contributed by atoms with Gasteiger partial charge in [0.1, 0.15) is 17.1 Å². The molecule has 8 heteroatoms. The van der Waals surface area contributed by atoms with Gasteiger partial charge in [-0.25, -0.2) is 0 Å². The standard InChI is InChI=1S/C17H19N3O5/c1-3-24-12-6-8-13(9-7-12)25-11(2)15(21)19-20-17(23)14-5-4-10-18-16(14)22/h4-11H,3H2,1-2H3,(H,18,22)(H,19,21)(H,20,23)/t11-/m1/s1. The quantitative estimate of drug-likeness (QED) is 0.677. The largest absolute Gasteiger partial charge is 0.494 e. The van der Waals surface area contributed by atoms with Crippen molar-refractivity contribution in [2.75, 3.05) is 6.61 Å². The van der Waals surface area contributed by atoms with E-state index in [4.69, 9.17) is 9.47 Å². The maximum Gasteiger partial charge on any atom is 0.279 e. The molecular formula is C17H19N3O5. The van der Waals surface area contributed by atoms with Crippen molar-refractivity contribution in [1.29, 1.82) is 0 Å². The van der Waals surface area contributed by atoms with Crippen LogP contribution in [-0.4, -0.2) is 29.5 Å². The lowest BCUT2D eigenvalue weighted by molar-refractivity contribution is -0.128. The number of aromatic nitrogens is 1. The van der Waals surface area contributed by atoms with Gasteiger partial charge in [0.2, 0.25) is 0 Å². The van der Waals surface area contributed by atoms with Crippen LogP contribution in [0.2, 0.25) is 0 Å². The molecule has 3 N–H and O–H groups in total. The first-order chi connectivity index (χ1) is 12.0. The summed E-state index contributed by atoms with van der Waals surface area (Å²) in [6.45, 7) is 3.98. The van der Waals surface area contributed by atoms with Gasteiger partial charge in [-0.05, 0) is 50.2 Å². The number of nitrogens with one attached hydrogen (secondary N) is 3. The summed E-state index contributed by atoms with van der Waals surface area (Å²) in [5, 5.41) is 0. The highest BCUT2D eigenvalue weighted by Crippen LogP contribution is 2.18. The van der Waals surface area contributed by atoms with Crippen molar-refractivity contribution in [3.8, 4) is 11.5 Å². The van der Waals surface area contributed by atoms with Gasteiger partial charge in [-0.15, -0.1) is 0 Å². The maximum absolute atomic E-state index is 12.0. The van der Waals surface area contributed by atoms with Gasteiger partial charge in [0.25, 0.3) is 17.4 Å². The molecular weight excluding hydrogens is 326 g/mol. The van der Waals surface area contributed by atoms with Crippen molar-refractivity contribution >= 4 is 11.8 Å². The Bertz CT molecular complexity index is 785. The van der Waals surface area contributed by atoms with Crippen molar-refractivity contribution in [3.63, 3.8) is 0 Å². The number of hydrazine groups is 1. The van der Waals surface area contributed by atoms with E-state index in [1.54, 1.807) is 24.3 Å². The molecule has 132 valence electrons. The Balaban J connectivity index is 1.86. The van der Waals surface area contributed by atoms with Crippen LogP contribution in [0.15, 0.2) is 47.4 Å². The zero-order valence-electron chi connectivity index (χ0n) is 13.9.